The molecule has 0 radical (unpaired) electrons. The summed E-state index contributed by atoms with van der Waals surface area (Å²) < 4.78 is 5.61. The van der Waals surface area contributed by atoms with Crippen LogP contribution in [0, 0.1) is 0 Å². The highest BCUT2D eigenvalue weighted by molar-refractivity contribution is 7.16. The maximum absolute atomic E-state index is 5.67. The molecular formula is C10H16N2OS. The lowest BCUT2D eigenvalue weighted by Crippen LogP contribution is -2.21. The molecular weight excluding hydrogens is 196 g/mol. The average molecular weight is 212 g/mol. The van der Waals surface area contributed by atoms with Gasteiger partial charge in [0.1, 0.15) is 0 Å². The van der Waals surface area contributed by atoms with Crippen LogP contribution >= 0.6 is 11.3 Å². The number of anilines is 1. The molecule has 1 unspecified atom stereocenters. The Bertz CT molecular complexity index is 322. The minimum atomic E-state index is 0.115. The molecule has 3 nitrogen and oxygen atoms in total. The zero-order chi connectivity index (χ0) is 10.1. The minimum Gasteiger partial charge on any atom is -0.372 e. The highest BCUT2D eigenvalue weighted by atomic mass is 32.1. The molecule has 2 N–H and O–H groups in total. The lowest BCUT2D eigenvalue weighted by atomic mass is 10.1. The van der Waals surface area contributed by atoms with E-state index in [1.54, 1.807) is 0 Å². The van der Waals surface area contributed by atoms with Gasteiger partial charge in [-0.15, -0.1) is 11.3 Å². The molecule has 0 saturated carbocycles. The van der Waals surface area contributed by atoms with Crippen LogP contribution in [0.5, 0.6) is 0 Å². The number of hydrogen-bond donors (Lipinski definition) is 1. The lowest BCUT2D eigenvalue weighted by Gasteiger charge is -2.21. The van der Waals surface area contributed by atoms with E-state index in [-0.39, 0.29) is 6.10 Å². The first-order valence-electron chi connectivity index (χ1n) is 4.84. The van der Waals surface area contributed by atoms with Gasteiger partial charge in [-0.3, -0.25) is 0 Å². The first-order valence-corrected chi connectivity index (χ1v) is 5.65. The van der Waals surface area contributed by atoms with Gasteiger partial charge in [0.2, 0.25) is 0 Å². The highest BCUT2D eigenvalue weighted by Crippen LogP contribution is 2.36. The number of thiophene rings is 1. The molecule has 0 amide bonds. The molecule has 0 aliphatic carbocycles. The predicted octanol–water partition coefficient (Wildman–Crippen LogP) is 1.39. The van der Waals surface area contributed by atoms with E-state index >= 15 is 0 Å². The molecule has 0 bridgehead atoms. The summed E-state index contributed by atoms with van der Waals surface area (Å²) in [5.74, 6) is 0. The Morgan fingerprint density at radius 1 is 1.64 bits per heavy atom. The number of ether oxygens (including phenoxy) is 1. The summed E-state index contributed by atoms with van der Waals surface area (Å²) in [6.07, 6.45) is 1.15. The van der Waals surface area contributed by atoms with Crippen LogP contribution in [0.15, 0.2) is 6.07 Å². The largest absolute Gasteiger partial charge is 0.372 e. The van der Waals surface area contributed by atoms with Crippen LogP contribution in [0.25, 0.3) is 0 Å². The summed E-state index contributed by atoms with van der Waals surface area (Å²) in [6.45, 7) is 1.39. The van der Waals surface area contributed by atoms with Crippen molar-refractivity contribution in [2.45, 2.75) is 12.5 Å². The van der Waals surface area contributed by atoms with Gasteiger partial charge in [0.15, 0.2) is 0 Å². The van der Waals surface area contributed by atoms with E-state index in [0.29, 0.717) is 6.54 Å². The van der Waals surface area contributed by atoms with Crippen LogP contribution in [0.3, 0.4) is 0 Å². The molecule has 2 rings (SSSR count). The van der Waals surface area contributed by atoms with Crippen molar-refractivity contribution >= 4 is 16.3 Å². The molecule has 1 atom stereocenters. The second-order valence-electron chi connectivity index (χ2n) is 3.70. The number of fused-ring (bicyclic) bond motifs is 1. The predicted molar refractivity (Wildman–Crippen MR) is 60.1 cm³/mol. The van der Waals surface area contributed by atoms with E-state index in [2.05, 4.69) is 25.1 Å². The van der Waals surface area contributed by atoms with Crippen LogP contribution < -0.4 is 10.6 Å². The van der Waals surface area contributed by atoms with Gasteiger partial charge < -0.3 is 15.4 Å². The number of hydrogen-bond acceptors (Lipinski definition) is 4. The van der Waals surface area contributed by atoms with Crippen molar-refractivity contribution in [1.29, 1.82) is 0 Å². The molecule has 4 heteroatoms. The molecule has 78 valence electrons. The molecule has 1 aliphatic heterocycles. The van der Waals surface area contributed by atoms with E-state index in [4.69, 9.17) is 10.5 Å². The smallest absolute Gasteiger partial charge is 0.0958 e. The van der Waals surface area contributed by atoms with Crippen molar-refractivity contribution < 1.29 is 4.74 Å². The van der Waals surface area contributed by atoms with Gasteiger partial charge in [-0.1, -0.05) is 0 Å². The first kappa shape index (κ1) is 9.96. The fraction of sp³-hybridized carbons (Fsp3) is 0.600. The fourth-order valence-corrected chi connectivity index (χ4v) is 2.81. The number of rotatable bonds is 2. The summed E-state index contributed by atoms with van der Waals surface area (Å²) >= 11 is 1.85. The van der Waals surface area contributed by atoms with E-state index in [1.165, 1.54) is 15.4 Å². The molecule has 1 aromatic heterocycles. The normalized spacial score (nSPS) is 20.6. The van der Waals surface area contributed by atoms with E-state index in [9.17, 15) is 0 Å². The van der Waals surface area contributed by atoms with Gasteiger partial charge in [0, 0.05) is 31.9 Å². The topological polar surface area (TPSA) is 38.5 Å². The molecule has 0 spiro atoms. The summed E-state index contributed by atoms with van der Waals surface area (Å²) in [7, 11) is 4.13. The first-order chi connectivity index (χ1) is 6.72. The molecule has 0 aromatic carbocycles. The Balaban J connectivity index is 2.33. The Morgan fingerprint density at radius 2 is 2.43 bits per heavy atom. The third kappa shape index (κ3) is 1.65. The van der Waals surface area contributed by atoms with E-state index in [0.717, 1.165) is 13.0 Å². The van der Waals surface area contributed by atoms with Gasteiger partial charge in [0.05, 0.1) is 17.7 Å². The highest BCUT2D eigenvalue weighted by Gasteiger charge is 2.22. The molecule has 14 heavy (non-hydrogen) atoms. The van der Waals surface area contributed by atoms with E-state index < -0.39 is 0 Å². The third-order valence-corrected chi connectivity index (χ3v) is 3.86. The molecule has 1 aromatic rings. The number of nitrogens with zero attached hydrogens (tertiary/aromatic N) is 1. The molecule has 1 aliphatic rings. The quantitative estimate of drug-likeness (QED) is 0.805. The monoisotopic (exact) mass is 212 g/mol. The standard InChI is InChI=1S/C10H16N2OS/c1-12(2)10-5-7-8(6-11)13-4-3-9(7)14-10/h5,8H,3-4,6,11H2,1-2H3. The van der Waals surface area contributed by atoms with Crippen molar-refractivity contribution in [3.05, 3.63) is 16.5 Å². The Morgan fingerprint density at radius 3 is 3.07 bits per heavy atom. The average Bonchev–Trinajstić information content (AvgIpc) is 2.60. The van der Waals surface area contributed by atoms with Crippen molar-refractivity contribution in [2.24, 2.45) is 5.73 Å². The van der Waals surface area contributed by atoms with Gasteiger partial charge in [-0.2, -0.15) is 0 Å². The Kier molecular flexibility index (Phi) is 2.76. The van der Waals surface area contributed by atoms with Gasteiger partial charge in [-0.25, -0.2) is 0 Å². The maximum Gasteiger partial charge on any atom is 0.0958 e. The van der Waals surface area contributed by atoms with Gasteiger partial charge >= 0.3 is 0 Å². The van der Waals surface area contributed by atoms with Crippen molar-refractivity contribution in [2.75, 3.05) is 32.1 Å². The summed E-state index contributed by atoms with van der Waals surface area (Å²) in [6, 6.07) is 2.21. The second kappa shape index (κ2) is 3.88. The van der Waals surface area contributed by atoms with Crippen molar-refractivity contribution in [3.63, 3.8) is 0 Å². The minimum absolute atomic E-state index is 0.115. The molecule has 0 saturated heterocycles. The van der Waals surface area contributed by atoms with Crippen LogP contribution in [0.2, 0.25) is 0 Å². The third-order valence-electron chi connectivity index (χ3n) is 2.48. The van der Waals surface area contributed by atoms with Crippen molar-refractivity contribution in [3.8, 4) is 0 Å². The molecule has 0 fully saturated rings. The van der Waals surface area contributed by atoms with E-state index in [1.807, 2.05) is 11.3 Å². The number of nitrogens with two attached hydrogens (primary N) is 1. The Labute approximate surface area is 88.5 Å². The summed E-state index contributed by atoms with van der Waals surface area (Å²) in [5.41, 5.74) is 6.97. The second-order valence-corrected chi connectivity index (χ2v) is 4.82. The van der Waals surface area contributed by atoms with Crippen LogP contribution in [-0.2, 0) is 11.2 Å². The van der Waals surface area contributed by atoms with Crippen LogP contribution in [0.4, 0.5) is 5.00 Å². The maximum atomic E-state index is 5.67. The Hall–Kier alpha value is -0.580. The fourth-order valence-electron chi connectivity index (χ4n) is 1.70. The zero-order valence-corrected chi connectivity index (χ0v) is 9.43. The van der Waals surface area contributed by atoms with Gasteiger partial charge in [-0.05, 0) is 11.6 Å². The summed E-state index contributed by atoms with van der Waals surface area (Å²) in [4.78, 5) is 3.58. The molecule has 2 heterocycles. The van der Waals surface area contributed by atoms with Gasteiger partial charge in [0.25, 0.3) is 0 Å². The van der Waals surface area contributed by atoms with Crippen LogP contribution in [0.1, 0.15) is 16.5 Å². The SMILES string of the molecule is CN(C)c1cc2c(s1)CCOC2CN. The lowest BCUT2D eigenvalue weighted by molar-refractivity contribution is 0.0498. The van der Waals surface area contributed by atoms with Crippen LogP contribution in [-0.4, -0.2) is 27.2 Å². The zero-order valence-electron chi connectivity index (χ0n) is 8.62. The summed E-state index contributed by atoms with van der Waals surface area (Å²) in [5, 5.41) is 1.29. The van der Waals surface area contributed by atoms with Crippen molar-refractivity contribution in [1.82, 2.24) is 0 Å².